The Hall–Kier alpha value is -1.82. The summed E-state index contributed by atoms with van der Waals surface area (Å²) in [6.07, 6.45) is 0.0884. The van der Waals surface area contributed by atoms with Crippen LogP contribution in [0.2, 0.25) is 0 Å². The number of fused-ring (bicyclic) bond motifs is 1. The van der Waals surface area contributed by atoms with Crippen molar-refractivity contribution < 1.29 is 14.3 Å². The van der Waals surface area contributed by atoms with Crippen molar-refractivity contribution in [2.75, 3.05) is 7.11 Å². The quantitative estimate of drug-likeness (QED) is 0.376. The van der Waals surface area contributed by atoms with E-state index in [0.717, 1.165) is 4.90 Å². The number of ether oxygens (including phenoxy) is 1. The van der Waals surface area contributed by atoms with E-state index in [1.807, 2.05) is 0 Å². The average Bonchev–Trinajstić information content (AvgIpc) is 2.62. The maximum Gasteiger partial charge on any atom is 0.262 e. The van der Waals surface area contributed by atoms with Gasteiger partial charge in [-0.25, -0.2) is 0 Å². The molecule has 18 heavy (non-hydrogen) atoms. The highest BCUT2D eigenvalue weighted by atomic mass is 32.1. The molecule has 1 aromatic carbocycles. The van der Waals surface area contributed by atoms with Gasteiger partial charge in [-0.15, -0.1) is 0 Å². The third-order valence-electron chi connectivity index (χ3n) is 2.74. The molecule has 0 spiro atoms. The summed E-state index contributed by atoms with van der Waals surface area (Å²) in [4.78, 5) is 25.2. The summed E-state index contributed by atoms with van der Waals surface area (Å²) in [5.41, 5.74) is 0.760. The summed E-state index contributed by atoms with van der Waals surface area (Å²) in [5, 5.41) is 6.71. The Labute approximate surface area is 110 Å². The first-order chi connectivity index (χ1) is 8.56. The molecule has 1 aliphatic heterocycles. The summed E-state index contributed by atoms with van der Waals surface area (Å²) in [7, 11) is 1.37. The number of carbonyl (C=O) groups is 2. The second-order valence-corrected chi connectivity index (χ2v) is 4.43. The van der Waals surface area contributed by atoms with E-state index in [-0.39, 0.29) is 24.1 Å². The molecule has 0 saturated heterocycles. The van der Waals surface area contributed by atoms with Gasteiger partial charge in [-0.05, 0) is 12.1 Å². The van der Waals surface area contributed by atoms with Crippen LogP contribution in [0.25, 0.3) is 0 Å². The molecule has 2 rings (SSSR count). The third kappa shape index (κ3) is 1.99. The highest BCUT2D eigenvalue weighted by Crippen LogP contribution is 2.26. The standard InChI is InChI=1S/C12H12N2O3S/c1-17-9(13)6-10(18)14-11(15)7-4-2-3-5-8(7)12(14)16/h2-5,10,13,18H,6H2,1H3. The zero-order valence-electron chi connectivity index (χ0n) is 9.71. The zero-order valence-corrected chi connectivity index (χ0v) is 10.6. The molecule has 2 amide bonds. The Bertz CT molecular complexity index is 495. The smallest absolute Gasteiger partial charge is 0.262 e. The van der Waals surface area contributed by atoms with Crippen LogP contribution in [0, 0.1) is 5.41 Å². The summed E-state index contributed by atoms with van der Waals surface area (Å²) in [6, 6.07) is 6.63. The van der Waals surface area contributed by atoms with Crippen molar-refractivity contribution in [1.29, 1.82) is 5.41 Å². The fourth-order valence-electron chi connectivity index (χ4n) is 1.82. The van der Waals surface area contributed by atoms with Crippen LogP contribution < -0.4 is 0 Å². The molecule has 1 N–H and O–H groups in total. The number of methoxy groups -OCH3 is 1. The average molecular weight is 264 g/mol. The van der Waals surface area contributed by atoms with Crippen molar-refractivity contribution in [3.8, 4) is 0 Å². The molecule has 1 atom stereocenters. The second-order valence-electron chi connectivity index (χ2n) is 3.84. The Balaban J connectivity index is 2.25. The van der Waals surface area contributed by atoms with Gasteiger partial charge in [0.15, 0.2) is 5.90 Å². The summed E-state index contributed by atoms with van der Waals surface area (Å²) in [6.45, 7) is 0. The molecule has 1 heterocycles. The summed E-state index contributed by atoms with van der Waals surface area (Å²) >= 11 is 4.21. The number of imide groups is 1. The lowest BCUT2D eigenvalue weighted by Gasteiger charge is -2.21. The minimum atomic E-state index is -0.690. The molecule has 0 aromatic heterocycles. The molecule has 1 aromatic rings. The Morgan fingerprint density at radius 3 is 2.28 bits per heavy atom. The van der Waals surface area contributed by atoms with Crippen LogP contribution in [0.4, 0.5) is 0 Å². The Morgan fingerprint density at radius 1 is 1.33 bits per heavy atom. The molecule has 0 saturated carbocycles. The first-order valence-corrected chi connectivity index (χ1v) is 5.84. The number of hydrogen-bond donors (Lipinski definition) is 2. The van der Waals surface area contributed by atoms with Crippen LogP contribution in [-0.2, 0) is 4.74 Å². The van der Waals surface area contributed by atoms with E-state index in [1.165, 1.54) is 7.11 Å². The normalized spacial score (nSPS) is 15.6. The number of nitrogens with zero attached hydrogens (tertiary/aromatic N) is 1. The van der Waals surface area contributed by atoms with Crippen LogP contribution >= 0.6 is 12.6 Å². The molecule has 1 unspecified atom stereocenters. The van der Waals surface area contributed by atoms with Crippen LogP contribution in [0.1, 0.15) is 27.1 Å². The second kappa shape index (κ2) is 4.81. The number of hydrogen-bond acceptors (Lipinski definition) is 5. The molecule has 1 aliphatic rings. The van der Waals surface area contributed by atoms with Crippen molar-refractivity contribution in [1.82, 2.24) is 4.90 Å². The van der Waals surface area contributed by atoms with E-state index in [0.29, 0.717) is 11.1 Å². The van der Waals surface area contributed by atoms with Crippen LogP contribution in [-0.4, -0.2) is 35.1 Å². The van der Waals surface area contributed by atoms with Crippen molar-refractivity contribution in [2.45, 2.75) is 11.8 Å². The minimum absolute atomic E-state index is 0.0217. The predicted molar refractivity (Wildman–Crippen MR) is 69.1 cm³/mol. The summed E-state index contributed by atoms with van der Waals surface area (Å²) < 4.78 is 4.71. The van der Waals surface area contributed by atoms with Gasteiger partial charge in [0.1, 0.15) is 0 Å². The van der Waals surface area contributed by atoms with E-state index in [1.54, 1.807) is 24.3 Å². The summed E-state index contributed by atoms with van der Waals surface area (Å²) in [5.74, 6) is -0.773. The lowest BCUT2D eigenvalue weighted by Crippen LogP contribution is -2.37. The molecule has 0 bridgehead atoms. The molecule has 94 valence electrons. The fraction of sp³-hybridized carbons (Fsp3) is 0.250. The maximum atomic E-state index is 12.1. The lowest BCUT2D eigenvalue weighted by atomic mass is 10.1. The van der Waals surface area contributed by atoms with Crippen LogP contribution in [0.3, 0.4) is 0 Å². The lowest BCUT2D eigenvalue weighted by molar-refractivity contribution is 0.0640. The maximum absolute atomic E-state index is 12.1. The molecule has 0 aliphatic carbocycles. The highest BCUT2D eigenvalue weighted by Gasteiger charge is 2.38. The zero-order chi connectivity index (χ0) is 13.3. The molecule has 6 heteroatoms. The van der Waals surface area contributed by atoms with Gasteiger partial charge in [0.25, 0.3) is 11.8 Å². The number of amides is 2. The number of rotatable bonds is 3. The molecule has 5 nitrogen and oxygen atoms in total. The van der Waals surface area contributed by atoms with Crippen molar-refractivity contribution in [3.63, 3.8) is 0 Å². The van der Waals surface area contributed by atoms with Crippen molar-refractivity contribution in [3.05, 3.63) is 35.4 Å². The molecule has 0 radical (unpaired) electrons. The topological polar surface area (TPSA) is 70.5 Å². The SMILES string of the molecule is COC(=N)CC(S)N1C(=O)c2ccccc2C1=O. The van der Waals surface area contributed by atoms with Crippen molar-refractivity contribution in [2.24, 2.45) is 0 Å². The van der Waals surface area contributed by atoms with Crippen LogP contribution in [0.5, 0.6) is 0 Å². The largest absolute Gasteiger partial charge is 0.484 e. The first kappa shape index (κ1) is 12.6. The fourth-order valence-corrected chi connectivity index (χ4v) is 2.19. The van der Waals surface area contributed by atoms with Gasteiger partial charge < -0.3 is 4.74 Å². The van der Waals surface area contributed by atoms with Gasteiger partial charge >= 0.3 is 0 Å². The Kier molecular flexibility index (Phi) is 3.38. The molecule has 0 fully saturated rings. The minimum Gasteiger partial charge on any atom is -0.484 e. The molecular weight excluding hydrogens is 252 g/mol. The van der Waals surface area contributed by atoms with Gasteiger partial charge in [-0.1, -0.05) is 12.1 Å². The van der Waals surface area contributed by atoms with Crippen LogP contribution in [0.15, 0.2) is 24.3 Å². The highest BCUT2D eigenvalue weighted by molar-refractivity contribution is 7.81. The monoisotopic (exact) mass is 264 g/mol. The van der Waals surface area contributed by atoms with Crippen molar-refractivity contribution >= 4 is 30.3 Å². The third-order valence-corrected chi connectivity index (χ3v) is 3.15. The van der Waals surface area contributed by atoms with E-state index in [2.05, 4.69) is 12.6 Å². The number of benzene rings is 1. The first-order valence-electron chi connectivity index (χ1n) is 5.32. The predicted octanol–water partition coefficient (Wildman–Crippen LogP) is 1.55. The van der Waals surface area contributed by atoms with E-state index in [9.17, 15) is 9.59 Å². The van der Waals surface area contributed by atoms with Gasteiger partial charge in [-0.3, -0.25) is 19.9 Å². The van der Waals surface area contributed by atoms with Gasteiger partial charge in [0.2, 0.25) is 0 Å². The number of nitrogens with one attached hydrogen (secondary N) is 1. The van der Waals surface area contributed by atoms with E-state index >= 15 is 0 Å². The van der Waals surface area contributed by atoms with E-state index < -0.39 is 5.37 Å². The van der Waals surface area contributed by atoms with E-state index in [4.69, 9.17) is 10.1 Å². The number of thiol groups is 1. The van der Waals surface area contributed by atoms with Gasteiger partial charge in [0, 0.05) is 0 Å². The number of carbonyl (C=O) groups excluding carboxylic acids is 2. The Morgan fingerprint density at radius 2 is 1.83 bits per heavy atom. The molecular formula is C12H12N2O3S. The van der Waals surface area contributed by atoms with Gasteiger partial charge in [-0.2, -0.15) is 12.6 Å². The van der Waals surface area contributed by atoms with Gasteiger partial charge in [0.05, 0.1) is 30.0 Å².